The molecule has 152 valence electrons. The second-order valence-electron chi connectivity index (χ2n) is 7.35. The SMILES string of the molecule is Cc1ccc(SCCNC(=O)CN2CCOC(Cn3nc(C)cc3C)C2)cc1. The number of nitrogens with zero attached hydrogens (tertiary/aromatic N) is 3. The van der Waals surface area contributed by atoms with Crippen molar-refractivity contribution >= 4 is 17.7 Å². The Balaban J connectivity index is 1.36. The molecule has 2 heterocycles. The van der Waals surface area contributed by atoms with Crippen LogP contribution in [0.2, 0.25) is 0 Å². The number of ether oxygens (including phenoxy) is 1. The van der Waals surface area contributed by atoms with Crippen LogP contribution in [-0.4, -0.2) is 65.2 Å². The average Bonchev–Trinajstić information content (AvgIpc) is 2.97. The molecule has 7 heteroatoms. The zero-order valence-electron chi connectivity index (χ0n) is 17.0. The first-order chi connectivity index (χ1) is 13.5. The van der Waals surface area contributed by atoms with Gasteiger partial charge in [0.25, 0.3) is 0 Å². The topological polar surface area (TPSA) is 59.4 Å². The van der Waals surface area contributed by atoms with E-state index in [2.05, 4.69) is 59.5 Å². The number of morpholine rings is 1. The first kappa shape index (κ1) is 20.9. The van der Waals surface area contributed by atoms with Crippen LogP contribution in [0.15, 0.2) is 35.2 Å². The summed E-state index contributed by atoms with van der Waals surface area (Å²) in [5.74, 6) is 0.953. The second kappa shape index (κ2) is 10.1. The number of carbonyl (C=O) groups is 1. The molecular formula is C21H30N4O2S. The van der Waals surface area contributed by atoms with E-state index in [1.165, 1.54) is 10.5 Å². The fourth-order valence-corrected chi connectivity index (χ4v) is 4.11. The number of rotatable bonds is 8. The summed E-state index contributed by atoms with van der Waals surface area (Å²) in [6.07, 6.45) is 0.0663. The van der Waals surface area contributed by atoms with E-state index >= 15 is 0 Å². The number of hydrogen-bond donors (Lipinski definition) is 1. The molecule has 1 aromatic heterocycles. The Hall–Kier alpha value is -1.83. The molecule has 1 fully saturated rings. The molecule has 1 aliphatic heterocycles. The Kier molecular flexibility index (Phi) is 7.53. The van der Waals surface area contributed by atoms with E-state index < -0.39 is 0 Å². The van der Waals surface area contributed by atoms with Gasteiger partial charge in [-0.1, -0.05) is 17.7 Å². The van der Waals surface area contributed by atoms with Gasteiger partial charge in [-0.3, -0.25) is 14.4 Å². The summed E-state index contributed by atoms with van der Waals surface area (Å²) >= 11 is 1.76. The molecule has 0 spiro atoms. The molecule has 3 rings (SSSR count). The lowest BCUT2D eigenvalue weighted by Gasteiger charge is -2.32. The molecule has 0 saturated carbocycles. The van der Waals surface area contributed by atoms with E-state index in [1.807, 2.05) is 11.6 Å². The molecular weight excluding hydrogens is 372 g/mol. The quantitative estimate of drug-likeness (QED) is 0.543. The Morgan fingerprint density at radius 1 is 1.29 bits per heavy atom. The lowest BCUT2D eigenvalue weighted by atomic mass is 10.2. The molecule has 0 bridgehead atoms. The van der Waals surface area contributed by atoms with Gasteiger partial charge in [-0.15, -0.1) is 11.8 Å². The van der Waals surface area contributed by atoms with E-state index in [4.69, 9.17) is 4.74 Å². The smallest absolute Gasteiger partial charge is 0.234 e. The molecule has 1 unspecified atom stereocenters. The van der Waals surface area contributed by atoms with Crippen molar-refractivity contribution in [3.8, 4) is 0 Å². The van der Waals surface area contributed by atoms with Crippen LogP contribution in [0.25, 0.3) is 0 Å². The third kappa shape index (κ3) is 6.36. The Bertz CT molecular complexity index is 775. The third-order valence-electron chi connectivity index (χ3n) is 4.78. The predicted octanol–water partition coefficient (Wildman–Crippen LogP) is 2.42. The third-order valence-corrected chi connectivity index (χ3v) is 5.80. The molecule has 1 aliphatic rings. The lowest BCUT2D eigenvalue weighted by Crippen LogP contribution is -2.48. The van der Waals surface area contributed by atoms with Gasteiger partial charge in [-0.05, 0) is 39.0 Å². The van der Waals surface area contributed by atoms with Crippen LogP contribution >= 0.6 is 11.8 Å². The van der Waals surface area contributed by atoms with Crippen LogP contribution in [-0.2, 0) is 16.1 Å². The van der Waals surface area contributed by atoms with Gasteiger partial charge in [0.2, 0.25) is 5.91 Å². The summed E-state index contributed by atoms with van der Waals surface area (Å²) in [6, 6.07) is 10.5. The number of amides is 1. The van der Waals surface area contributed by atoms with Gasteiger partial charge in [-0.2, -0.15) is 5.10 Å². The zero-order chi connectivity index (χ0) is 19.9. The Labute approximate surface area is 171 Å². The van der Waals surface area contributed by atoms with E-state index in [0.29, 0.717) is 19.7 Å². The monoisotopic (exact) mass is 402 g/mol. The van der Waals surface area contributed by atoms with Crippen LogP contribution in [0, 0.1) is 20.8 Å². The minimum absolute atomic E-state index is 0.0663. The van der Waals surface area contributed by atoms with Crippen LogP contribution in [0.4, 0.5) is 0 Å². The molecule has 6 nitrogen and oxygen atoms in total. The molecule has 0 aliphatic carbocycles. The van der Waals surface area contributed by atoms with Gasteiger partial charge in [0.1, 0.15) is 0 Å². The summed E-state index contributed by atoms with van der Waals surface area (Å²) in [5, 5.41) is 7.54. The summed E-state index contributed by atoms with van der Waals surface area (Å²) in [4.78, 5) is 15.7. The number of thioether (sulfide) groups is 1. The zero-order valence-corrected chi connectivity index (χ0v) is 17.8. The number of aryl methyl sites for hydroxylation is 3. The maximum absolute atomic E-state index is 12.3. The van der Waals surface area contributed by atoms with Crippen LogP contribution in [0.3, 0.4) is 0 Å². The number of carbonyl (C=O) groups excluding carboxylic acids is 1. The van der Waals surface area contributed by atoms with Crippen molar-refractivity contribution in [2.45, 2.75) is 38.3 Å². The van der Waals surface area contributed by atoms with Crippen LogP contribution < -0.4 is 5.32 Å². The molecule has 28 heavy (non-hydrogen) atoms. The molecule has 1 atom stereocenters. The van der Waals surface area contributed by atoms with Gasteiger partial charge >= 0.3 is 0 Å². The summed E-state index contributed by atoms with van der Waals surface area (Å²) in [5.41, 5.74) is 3.43. The lowest BCUT2D eigenvalue weighted by molar-refractivity contribution is -0.124. The van der Waals surface area contributed by atoms with Crippen LogP contribution in [0.5, 0.6) is 0 Å². The van der Waals surface area contributed by atoms with Gasteiger partial charge in [0.05, 0.1) is 31.5 Å². The van der Waals surface area contributed by atoms with E-state index in [0.717, 1.165) is 36.8 Å². The molecule has 1 N–H and O–H groups in total. The van der Waals surface area contributed by atoms with Gasteiger partial charge in [0, 0.05) is 36.0 Å². The normalized spacial score (nSPS) is 17.6. The summed E-state index contributed by atoms with van der Waals surface area (Å²) in [7, 11) is 0. The first-order valence-corrected chi connectivity index (χ1v) is 10.8. The number of nitrogens with one attached hydrogen (secondary N) is 1. The fraction of sp³-hybridized carbons (Fsp3) is 0.524. The summed E-state index contributed by atoms with van der Waals surface area (Å²) < 4.78 is 7.87. The van der Waals surface area contributed by atoms with Gasteiger partial charge in [0.15, 0.2) is 0 Å². The molecule has 1 amide bonds. The number of aromatic nitrogens is 2. The maximum atomic E-state index is 12.3. The van der Waals surface area contributed by atoms with Crippen molar-refractivity contribution in [3.05, 3.63) is 47.3 Å². The molecule has 1 saturated heterocycles. The highest BCUT2D eigenvalue weighted by Crippen LogP contribution is 2.17. The van der Waals surface area contributed by atoms with Crippen molar-refractivity contribution in [3.63, 3.8) is 0 Å². The maximum Gasteiger partial charge on any atom is 0.234 e. The highest BCUT2D eigenvalue weighted by atomic mass is 32.2. The van der Waals surface area contributed by atoms with E-state index in [1.54, 1.807) is 11.8 Å². The minimum atomic E-state index is 0.0663. The molecule has 1 aromatic carbocycles. The average molecular weight is 403 g/mol. The van der Waals surface area contributed by atoms with Gasteiger partial charge < -0.3 is 10.1 Å². The second-order valence-corrected chi connectivity index (χ2v) is 8.52. The summed E-state index contributed by atoms with van der Waals surface area (Å²) in [6.45, 7) is 10.2. The number of benzene rings is 1. The van der Waals surface area contributed by atoms with E-state index in [-0.39, 0.29) is 12.0 Å². The van der Waals surface area contributed by atoms with Crippen molar-refractivity contribution in [2.75, 3.05) is 38.5 Å². The van der Waals surface area contributed by atoms with Crippen molar-refractivity contribution < 1.29 is 9.53 Å². The van der Waals surface area contributed by atoms with Crippen molar-refractivity contribution in [1.29, 1.82) is 0 Å². The highest BCUT2D eigenvalue weighted by molar-refractivity contribution is 7.99. The van der Waals surface area contributed by atoms with Crippen LogP contribution in [0.1, 0.15) is 17.0 Å². The fourth-order valence-electron chi connectivity index (χ4n) is 3.34. The Morgan fingerprint density at radius 2 is 2.07 bits per heavy atom. The Morgan fingerprint density at radius 3 is 2.79 bits per heavy atom. The van der Waals surface area contributed by atoms with Crippen molar-refractivity contribution in [2.24, 2.45) is 0 Å². The number of hydrogen-bond acceptors (Lipinski definition) is 5. The molecule has 0 radical (unpaired) electrons. The van der Waals surface area contributed by atoms with Crippen molar-refractivity contribution in [1.82, 2.24) is 20.0 Å². The predicted molar refractivity (Wildman–Crippen MR) is 113 cm³/mol. The standard InChI is InChI=1S/C21H30N4O2S/c1-16-4-6-20(7-5-16)28-11-8-22-21(26)15-24-9-10-27-19(13-24)14-25-18(3)12-17(2)23-25/h4-7,12,19H,8-11,13-15H2,1-3H3,(H,22,26). The first-order valence-electron chi connectivity index (χ1n) is 9.81. The largest absolute Gasteiger partial charge is 0.374 e. The molecule has 2 aromatic rings. The van der Waals surface area contributed by atoms with Gasteiger partial charge in [-0.25, -0.2) is 0 Å². The van der Waals surface area contributed by atoms with E-state index in [9.17, 15) is 4.79 Å². The minimum Gasteiger partial charge on any atom is -0.374 e. The highest BCUT2D eigenvalue weighted by Gasteiger charge is 2.23.